The monoisotopic (exact) mass is 330 g/mol. The Morgan fingerprint density at radius 2 is 0.667 bits per heavy atom. The van der Waals surface area contributed by atoms with Crippen LogP contribution in [0.25, 0.3) is 0 Å². The van der Waals surface area contributed by atoms with Crippen LogP contribution < -0.4 is 0 Å². The molecule has 0 aromatic carbocycles. The molecule has 4 unspecified atom stereocenters. The first-order chi connectivity index (χ1) is 9.58. The molecule has 0 saturated carbocycles. The van der Waals surface area contributed by atoms with Gasteiger partial charge in [-0.3, -0.25) is 0 Å². The molecule has 0 aromatic heterocycles. The van der Waals surface area contributed by atoms with Gasteiger partial charge in [0.25, 0.3) is 0 Å². The van der Waals surface area contributed by atoms with Crippen molar-refractivity contribution >= 4 is 0 Å². The van der Waals surface area contributed by atoms with Crippen molar-refractivity contribution in [1.29, 1.82) is 0 Å². The largest absolute Gasteiger partial charge is 0.0877 e. The molecule has 0 heterocycles. The van der Waals surface area contributed by atoms with E-state index in [-0.39, 0.29) is 16.5 Å². The standard InChI is InChI=1S/2C10H16.Ni/c2*1-9-5-3-7-10(2)8-4-6-9;/h2*3-5,8-10H,6-7H2,1-2H3;/b2*5-3-,8-4-;. The molecule has 2 rings (SSSR count). The number of hydrogen-bond donors (Lipinski definition) is 0. The Hall–Kier alpha value is -0.546. The number of allylic oxidation sites excluding steroid dienone is 8. The van der Waals surface area contributed by atoms with Crippen LogP contribution in [0.1, 0.15) is 53.4 Å². The van der Waals surface area contributed by atoms with Crippen molar-refractivity contribution in [3.63, 3.8) is 0 Å². The molecular weight excluding hydrogens is 299 g/mol. The van der Waals surface area contributed by atoms with Gasteiger partial charge in [0.05, 0.1) is 0 Å². The Bertz CT molecular complexity index is 290. The van der Waals surface area contributed by atoms with Crippen molar-refractivity contribution in [3.8, 4) is 0 Å². The summed E-state index contributed by atoms with van der Waals surface area (Å²) in [5.41, 5.74) is 0. The van der Waals surface area contributed by atoms with E-state index in [2.05, 4.69) is 76.3 Å². The topological polar surface area (TPSA) is 0 Å². The second-order valence-electron chi connectivity index (χ2n) is 6.56. The third kappa shape index (κ3) is 10.8. The molecule has 0 amide bonds. The van der Waals surface area contributed by atoms with Gasteiger partial charge in [0.2, 0.25) is 0 Å². The maximum absolute atomic E-state index is 2.32. The van der Waals surface area contributed by atoms with Crippen molar-refractivity contribution in [1.82, 2.24) is 0 Å². The van der Waals surface area contributed by atoms with Crippen molar-refractivity contribution in [2.24, 2.45) is 23.7 Å². The van der Waals surface area contributed by atoms with E-state index < -0.39 is 0 Å². The molecule has 0 N–H and O–H groups in total. The van der Waals surface area contributed by atoms with Gasteiger partial charge in [0, 0.05) is 16.5 Å². The quantitative estimate of drug-likeness (QED) is 0.359. The van der Waals surface area contributed by atoms with Gasteiger partial charge in [0.1, 0.15) is 0 Å². The van der Waals surface area contributed by atoms with Gasteiger partial charge >= 0.3 is 0 Å². The fourth-order valence-electron chi connectivity index (χ4n) is 2.42. The Morgan fingerprint density at radius 3 is 0.857 bits per heavy atom. The molecule has 0 aromatic rings. The van der Waals surface area contributed by atoms with E-state index in [0.717, 1.165) is 23.7 Å². The molecule has 2 aliphatic carbocycles. The van der Waals surface area contributed by atoms with Gasteiger partial charge < -0.3 is 0 Å². The SMILES string of the molecule is CC1/C=C\CC(C)/C=C\C1.CC1/C=C\CC(C)/C=C\C1.[Ni]. The summed E-state index contributed by atoms with van der Waals surface area (Å²) in [5, 5.41) is 0. The molecule has 4 atom stereocenters. The Labute approximate surface area is 142 Å². The van der Waals surface area contributed by atoms with Gasteiger partial charge in [-0.25, -0.2) is 0 Å². The second-order valence-corrected chi connectivity index (χ2v) is 6.56. The zero-order valence-electron chi connectivity index (χ0n) is 14.1. The van der Waals surface area contributed by atoms with E-state index in [1.165, 1.54) is 25.7 Å². The van der Waals surface area contributed by atoms with Gasteiger partial charge in [-0.1, -0.05) is 76.3 Å². The van der Waals surface area contributed by atoms with E-state index in [4.69, 9.17) is 0 Å². The van der Waals surface area contributed by atoms with Gasteiger partial charge in [-0.05, 0) is 49.4 Å². The third-order valence-electron chi connectivity index (χ3n) is 3.89. The van der Waals surface area contributed by atoms with E-state index in [0.29, 0.717) is 0 Å². The average Bonchev–Trinajstić information content (AvgIpc) is 2.35. The van der Waals surface area contributed by atoms with Crippen molar-refractivity contribution < 1.29 is 16.5 Å². The molecule has 1 heteroatoms. The molecule has 0 saturated heterocycles. The smallest absolute Gasteiger partial charge is 0 e. The summed E-state index contributed by atoms with van der Waals surface area (Å²) in [4.78, 5) is 0. The Kier molecular flexibility index (Phi) is 11.7. The van der Waals surface area contributed by atoms with Crippen LogP contribution in [0.5, 0.6) is 0 Å². The zero-order chi connectivity index (χ0) is 14.8. The van der Waals surface area contributed by atoms with Crippen LogP contribution in [-0.2, 0) is 16.5 Å². The van der Waals surface area contributed by atoms with Crippen LogP contribution in [0.3, 0.4) is 0 Å². The molecule has 0 aliphatic heterocycles. The van der Waals surface area contributed by atoms with Crippen LogP contribution in [0.4, 0.5) is 0 Å². The number of rotatable bonds is 0. The summed E-state index contributed by atoms with van der Waals surface area (Å²) in [6.07, 6.45) is 23.3. The first-order valence-corrected chi connectivity index (χ1v) is 8.24. The minimum Gasteiger partial charge on any atom is -0.0877 e. The van der Waals surface area contributed by atoms with E-state index in [1.54, 1.807) is 0 Å². The molecule has 122 valence electrons. The second kappa shape index (κ2) is 12.0. The fourth-order valence-corrected chi connectivity index (χ4v) is 2.42. The van der Waals surface area contributed by atoms with E-state index in [9.17, 15) is 0 Å². The summed E-state index contributed by atoms with van der Waals surface area (Å²) in [6, 6.07) is 0. The number of hydrogen-bond acceptors (Lipinski definition) is 0. The first kappa shape index (κ1) is 20.5. The summed E-state index contributed by atoms with van der Waals surface area (Å²) in [5.74, 6) is 2.96. The third-order valence-corrected chi connectivity index (χ3v) is 3.89. The Morgan fingerprint density at radius 1 is 0.476 bits per heavy atom. The minimum absolute atomic E-state index is 0. The fraction of sp³-hybridized carbons (Fsp3) is 0.600. The van der Waals surface area contributed by atoms with Crippen molar-refractivity contribution in [2.45, 2.75) is 53.4 Å². The van der Waals surface area contributed by atoms with Gasteiger partial charge in [0.15, 0.2) is 0 Å². The summed E-state index contributed by atoms with van der Waals surface area (Å²) in [6.45, 7) is 9.04. The molecular formula is C20H32Ni. The Balaban J connectivity index is 0.000000364. The maximum Gasteiger partial charge on any atom is 0 e. The molecule has 0 bridgehead atoms. The molecule has 2 aliphatic rings. The zero-order valence-corrected chi connectivity index (χ0v) is 15.1. The molecule has 0 spiro atoms. The molecule has 0 fully saturated rings. The average molecular weight is 331 g/mol. The molecule has 0 radical (unpaired) electrons. The predicted octanol–water partition coefficient (Wildman–Crippen LogP) is 6.33. The maximum atomic E-state index is 2.32. The predicted molar refractivity (Wildman–Crippen MR) is 91.7 cm³/mol. The van der Waals surface area contributed by atoms with Crippen molar-refractivity contribution in [2.75, 3.05) is 0 Å². The molecule has 0 nitrogen and oxygen atoms in total. The minimum atomic E-state index is 0. The van der Waals surface area contributed by atoms with Crippen molar-refractivity contribution in [3.05, 3.63) is 48.6 Å². The van der Waals surface area contributed by atoms with E-state index >= 15 is 0 Å². The summed E-state index contributed by atoms with van der Waals surface area (Å²) >= 11 is 0. The van der Waals surface area contributed by atoms with Crippen LogP contribution in [0.15, 0.2) is 48.6 Å². The van der Waals surface area contributed by atoms with E-state index in [1.807, 2.05) is 0 Å². The first-order valence-electron chi connectivity index (χ1n) is 8.24. The van der Waals surface area contributed by atoms with Crippen LogP contribution >= 0.6 is 0 Å². The normalized spacial score (nSPS) is 37.9. The van der Waals surface area contributed by atoms with Gasteiger partial charge in [-0.15, -0.1) is 0 Å². The summed E-state index contributed by atoms with van der Waals surface area (Å²) < 4.78 is 0. The van der Waals surface area contributed by atoms with Crippen LogP contribution in [-0.4, -0.2) is 0 Å². The molecule has 21 heavy (non-hydrogen) atoms. The van der Waals surface area contributed by atoms with Crippen LogP contribution in [0, 0.1) is 23.7 Å². The van der Waals surface area contributed by atoms with Crippen LogP contribution in [0.2, 0.25) is 0 Å². The van der Waals surface area contributed by atoms with Gasteiger partial charge in [-0.2, -0.15) is 0 Å². The summed E-state index contributed by atoms with van der Waals surface area (Å²) in [7, 11) is 0.